The Balaban J connectivity index is 0.00000241. The molecule has 0 spiro atoms. The molecular weight excluding hydrogens is 528 g/mol. The minimum Gasteiger partial charge on any atom is -0.507 e. The molecule has 0 radical (unpaired) electrons. The molecule has 3 aromatic rings. The lowest BCUT2D eigenvalue weighted by Crippen LogP contribution is -2.44. The van der Waals surface area contributed by atoms with Gasteiger partial charge in [-0.1, -0.05) is 12.1 Å². The molecule has 1 fully saturated rings. The van der Waals surface area contributed by atoms with Gasteiger partial charge in [-0.2, -0.15) is 0 Å². The van der Waals surface area contributed by atoms with E-state index in [0.29, 0.717) is 18.7 Å². The lowest BCUT2D eigenvalue weighted by atomic mass is 10.0. The van der Waals surface area contributed by atoms with Crippen molar-refractivity contribution in [2.75, 3.05) is 20.2 Å². The number of amides is 1. The monoisotopic (exact) mass is 551 g/mol. The van der Waals surface area contributed by atoms with Crippen molar-refractivity contribution in [3.8, 4) is 11.5 Å². The molecule has 1 aliphatic rings. The van der Waals surface area contributed by atoms with Crippen LogP contribution in [0.3, 0.4) is 0 Å². The lowest BCUT2D eigenvalue weighted by Gasteiger charge is -2.20. The number of nitrogens with one attached hydrogen (secondary N) is 2. The first kappa shape index (κ1) is 29.5. The van der Waals surface area contributed by atoms with Crippen molar-refractivity contribution in [1.82, 2.24) is 15.6 Å². The van der Waals surface area contributed by atoms with Gasteiger partial charge in [-0.25, -0.2) is 9.18 Å². The fourth-order valence-corrected chi connectivity index (χ4v) is 3.71. The molecule has 2 heterocycles. The molecule has 2 aromatic carbocycles. The van der Waals surface area contributed by atoms with Gasteiger partial charge < -0.3 is 25.2 Å². The number of esters is 1. The number of aromatic nitrogens is 1. The summed E-state index contributed by atoms with van der Waals surface area (Å²) in [6.45, 7) is 0.788. The Hall–Kier alpha value is -3.73. The summed E-state index contributed by atoms with van der Waals surface area (Å²) in [5.74, 6) is -3.39. The number of pyridine rings is 1. The van der Waals surface area contributed by atoms with Gasteiger partial charge in [0.2, 0.25) is 0 Å². The van der Waals surface area contributed by atoms with Crippen LogP contribution >= 0.6 is 24.8 Å². The molecule has 1 aliphatic heterocycles. The van der Waals surface area contributed by atoms with E-state index >= 15 is 0 Å². The maximum Gasteiger partial charge on any atom is 0.338 e. The standard InChI is InChI=1S/C25H22FN3O6.2ClH/c1-34-19-7-6-18(30)21(22(19)26)23(31)14-2-4-16(5-3-14)25(33)35-20-13-28-12-17(20)29-24(32)15-8-10-27-11-9-15;;/h2-11,17,20,28,30H,12-13H2,1H3,(H,29,32);2*1H. The molecule has 9 nitrogen and oxygen atoms in total. The van der Waals surface area contributed by atoms with Crippen molar-refractivity contribution < 1.29 is 33.4 Å². The van der Waals surface area contributed by atoms with E-state index in [2.05, 4.69) is 15.6 Å². The second kappa shape index (κ2) is 13.0. The Morgan fingerprint density at radius 3 is 2.27 bits per heavy atom. The van der Waals surface area contributed by atoms with Crippen LogP contribution in [0.15, 0.2) is 60.9 Å². The molecule has 1 amide bonds. The predicted octanol–water partition coefficient (Wildman–Crippen LogP) is 2.94. The minimum atomic E-state index is -0.977. The number of halogens is 3. The van der Waals surface area contributed by atoms with E-state index in [4.69, 9.17) is 9.47 Å². The van der Waals surface area contributed by atoms with E-state index in [1.165, 1.54) is 55.9 Å². The largest absolute Gasteiger partial charge is 0.507 e. The van der Waals surface area contributed by atoms with Crippen LogP contribution in [-0.4, -0.2) is 60.1 Å². The molecule has 1 aromatic heterocycles. The topological polar surface area (TPSA) is 127 Å². The molecule has 0 aliphatic carbocycles. The molecule has 12 heteroatoms. The predicted molar refractivity (Wildman–Crippen MR) is 137 cm³/mol. The Bertz CT molecular complexity index is 1260. The van der Waals surface area contributed by atoms with Crippen LogP contribution in [0.25, 0.3) is 0 Å². The molecule has 3 N–H and O–H groups in total. The van der Waals surface area contributed by atoms with Crippen LogP contribution in [0.1, 0.15) is 36.6 Å². The summed E-state index contributed by atoms with van der Waals surface area (Å²) in [5.41, 5.74) is 0.150. The van der Waals surface area contributed by atoms with Gasteiger partial charge in [0.05, 0.1) is 18.7 Å². The summed E-state index contributed by atoms with van der Waals surface area (Å²) in [4.78, 5) is 41.7. The number of methoxy groups -OCH3 is 1. The number of nitrogens with zero attached hydrogens (tertiary/aromatic N) is 1. The number of hydrogen-bond acceptors (Lipinski definition) is 8. The van der Waals surface area contributed by atoms with E-state index in [9.17, 15) is 23.9 Å². The normalized spacial score (nSPS) is 16.1. The van der Waals surface area contributed by atoms with Crippen molar-refractivity contribution in [2.24, 2.45) is 0 Å². The first-order valence-electron chi connectivity index (χ1n) is 10.7. The van der Waals surface area contributed by atoms with Crippen molar-refractivity contribution in [3.63, 3.8) is 0 Å². The van der Waals surface area contributed by atoms with Gasteiger partial charge in [0, 0.05) is 36.6 Å². The average molecular weight is 552 g/mol. The molecule has 196 valence electrons. The minimum absolute atomic E-state index is 0. The van der Waals surface area contributed by atoms with Crippen LogP contribution in [-0.2, 0) is 4.74 Å². The van der Waals surface area contributed by atoms with Gasteiger partial charge in [0.1, 0.15) is 17.4 Å². The zero-order valence-electron chi connectivity index (χ0n) is 19.5. The molecule has 2 unspecified atom stereocenters. The van der Waals surface area contributed by atoms with E-state index in [1.54, 1.807) is 12.1 Å². The maximum atomic E-state index is 14.5. The van der Waals surface area contributed by atoms with E-state index in [-0.39, 0.29) is 47.6 Å². The van der Waals surface area contributed by atoms with Crippen molar-refractivity contribution in [1.29, 1.82) is 0 Å². The quantitative estimate of drug-likeness (QED) is 0.302. The van der Waals surface area contributed by atoms with Crippen molar-refractivity contribution in [3.05, 3.63) is 89.0 Å². The summed E-state index contributed by atoms with van der Waals surface area (Å²) < 4.78 is 25.0. The fourth-order valence-electron chi connectivity index (χ4n) is 3.71. The van der Waals surface area contributed by atoms with Gasteiger partial charge >= 0.3 is 5.97 Å². The van der Waals surface area contributed by atoms with Crippen molar-refractivity contribution in [2.45, 2.75) is 12.1 Å². The molecule has 37 heavy (non-hydrogen) atoms. The average Bonchev–Trinajstić information content (AvgIpc) is 3.30. The highest BCUT2D eigenvalue weighted by molar-refractivity contribution is 6.11. The second-order valence-corrected chi connectivity index (χ2v) is 7.80. The van der Waals surface area contributed by atoms with Crippen LogP contribution < -0.4 is 15.4 Å². The number of ether oxygens (including phenoxy) is 2. The van der Waals surface area contributed by atoms with Gasteiger partial charge in [-0.05, 0) is 36.4 Å². The molecule has 0 bridgehead atoms. The Labute approximate surface area is 224 Å². The van der Waals surface area contributed by atoms with E-state index < -0.39 is 41.0 Å². The second-order valence-electron chi connectivity index (χ2n) is 7.80. The van der Waals surface area contributed by atoms with Crippen LogP contribution in [0, 0.1) is 5.82 Å². The van der Waals surface area contributed by atoms with Crippen LogP contribution in [0.5, 0.6) is 11.5 Å². The fraction of sp³-hybridized carbons (Fsp3) is 0.200. The third-order valence-electron chi connectivity index (χ3n) is 5.59. The zero-order chi connectivity index (χ0) is 24.9. The Morgan fingerprint density at radius 2 is 1.62 bits per heavy atom. The number of carbonyl (C=O) groups excluding carboxylic acids is 3. The molecule has 1 saturated heterocycles. The summed E-state index contributed by atoms with van der Waals surface area (Å²) in [6.07, 6.45) is 2.42. The molecule has 2 atom stereocenters. The third-order valence-corrected chi connectivity index (χ3v) is 5.59. The summed E-state index contributed by atoms with van der Waals surface area (Å²) >= 11 is 0. The molecular formula is C25H24Cl2FN3O6. The Morgan fingerprint density at radius 1 is 0.973 bits per heavy atom. The van der Waals surface area contributed by atoms with E-state index in [0.717, 1.165) is 0 Å². The maximum absolute atomic E-state index is 14.5. The number of ketones is 1. The zero-order valence-corrected chi connectivity index (χ0v) is 21.1. The van der Waals surface area contributed by atoms with Gasteiger partial charge in [0.15, 0.2) is 17.3 Å². The Kier molecular flexibility index (Phi) is 10.4. The highest BCUT2D eigenvalue weighted by atomic mass is 35.5. The highest BCUT2D eigenvalue weighted by Crippen LogP contribution is 2.30. The van der Waals surface area contributed by atoms with Crippen LogP contribution in [0.4, 0.5) is 4.39 Å². The number of benzene rings is 2. The lowest BCUT2D eigenvalue weighted by molar-refractivity contribution is 0.0283. The number of rotatable bonds is 7. The van der Waals surface area contributed by atoms with E-state index in [1.807, 2.05) is 0 Å². The van der Waals surface area contributed by atoms with Crippen molar-refractivity contribution >= 4 is 42.5 Å². The number of hydrogen-bond donors (Lipinski definition) is 3. The van der Waals surface area contributed by atoms with Crippen LogP contribution in [0.2, 0.25) is 0 Å². The third kappa shape index (κ3) is 6.53. The van der Waals surface area contributed by atoms with Gasteiger partial charge in [-0.3, -0.25) is 14.6 Å². The SMILES string of the molecule is COc1ccc(O)c(C(=O)c2ccc(C(=O)OC3CNCC3NC(=O)c3ccncc3)cc2)c1F.Cl.Cl. The number of phenols is 1. The smallest absolute Gasteiger partial charge is 0.338 e. The number of carbonyl (C=O) groups is 3. The molecule has 4 rings (SSSR count). The summed E-state index contributed by atoms with van der Waals surface area (Å²) in [7, 11) is 1.25. The highest BCUT2D eigenvalue weighted by Gasteiger charge is 2.32. The number of aromatic hydroxyl groups is 1. The van der Waals surface area contributed by atoms with Gasteiger partial charge in [-0.15, -0.1) is 24.8 Å². The first-order valence-corrected chi connectivity index (χ1v) is 10.7. The number of phenolic OH excluding ortho intramolecular Hbond substituents is 1. The summed E-state index contributed by atoms with van der Waals surface area (Å²) in [5, 5.41) is 15.9. The summed E-state index contributed by atoms with van der Waals surface area (Å²) in [6, 6.07) is 10.5. The van der Waals surface area contributed by atoms with Gasteiger partial charge in [0.25, 0.3) is 5.91 Å². The first-order chi connectivity index (χ1) is 16.9. The molecule has 0 saturated carbocycles.